The predicted octanol–water partition coefficient (Wildman–Crippen LogP) is 2.29. The van der Waals surface area contributed by atoms with Gasteiger partial charge in [-0.3, -0.25) is 0 Å². The van der Waals surface area contributed by atoms with Crippen molar-refractivity contribution < 1.29 is 19.4 Å². The first kappa shape index (κ1) is 14.5. The SMILES string of the molecule is COC(=O)c1cnn2c(C3CC3)c(OCC3(O)CCC3)ccc12. The molecule has 0 spiro atoms. The molecule has 2 aliphatic carbocycles. The zero-order chi connectivity index (χ0) is 16.0. The quantitative estimate of drug-likeness (QED) is 0.857. The van der Waals surface area contributed by atoms with E-state index in [0.717, 1.165) is 49.1 Å². The fourth-order valence-corrected chi connectivity index (χ4v) is 3.12. The van der Waals surface area contributed by atoms with E-state index in [9.17, 15) is 9.90 Å². The van der Waals surface area contributed by atoms with E-state index in [1.165, 1.54) is 13.3 Å². The summed E-state index contributed by atoms with van der Waals surface area (Å²) in [5, 5.41) is 14.6. The highest BCUT2D eigenvalue weighted by Gasteiger charge is 2.36. The maximum Gasteiger partial charge on any atom is 0.341 e. The van der Waals surface area contributed by atoms with Crippen LogP contribution in [0.5, 0.6) is 5.75 Å². The standard InChI is InChI=1S/C17H20N2O4/c1-22-16(20)12-9-18-19-13(12)5-6-14(15(19)11-3-4-11)23-10-17(21)7-2-8-17/h5-6,9,11,21H,2-4,7-8,10H2,1H3. The second-order valence-corrected chi connectivity index (χ2v) is 6.57. The van der Waals surface area contributed by atoms with Crippen molar-refractivity contribution in [2.45, 2.75) is 43.6 Å². The molecule has 2 aromatic rings. The van der Waals surface area contributed by atoms with Crippen molar-refractivity contribution in [3.63, 3.8) is 0 Å². The lowest BCUT2D eigenvalue weighted by Gasteiger charge is -2.36. The summed E-state index contributed by atoms with van der Waals surface area (Å²) in [5.41, 5.74) is 1.49. The number of fused-ring (bicyclic) bond motifs is 1. The Balaban J connectivity index is 1.70. The van der Waals surface area contributed by atoms with Crippen molar-refractivity contribution in [2.24, 2.45) is 0 Å². The summed E-state index contributed by atoms with van der Waals surface area (Å²) in [5.74, 6) is 0.758. The fraction of sp³-hybridized carbons (Fsp3) is 0.529. The minimum absolute atomic E-state index is 0.309. The van der Waals surface area contributed by atoms with Gasteiger partial charge in [0.1, 0.15) is 17.9 Å². The molecule has 0 saturated heterocycles. The van der Waals surface area contributed by atoms with Gasteiger partial charge in [0.05, 0.1) is 30.1 Å². The number of hydrogen-bond donors (Lipinski definition) is 1. The Morgan fingerprint density at radius 3 is 2.83 bits per heavy atom. The molecule has 4 rings (SSSR count). The van der Waals surface area contributed by atoms with E-state index in [-0.39, 0.29) is 5.97 Å². The molecular formula is C17H20N2O4. The molecule has 0 amide bonds. The Morgan fingerprint density at radius 2 is 2.22 bits per heavy atom. The molecule has 2 saturated carbocycles. The van der Waals surface area contributed by atoms with E-state index >= 15 is 0 Å². The Bertz CT molecular complexity index is 759. The number of aromatic nitrogens is 2. The number of hydrogen-bond acceptors (Lipinski definition) is 5. The third-order valence-corrected chi connectivity index (χ3v) is 4.83. The van der Waals surface area contributed by atoms with Crippen molar-refractivity contribution in [2.75, 3.05) is 13.7 Å². The fourth-order valence-electron chi connectivity index (χ4n) is 3.12. The Labute approximate surface area is 134 Å². The predicted molar refractivity (Wildman–Crippen MR) is 82.8 cm³/mol. The summed E-state index contributed by atoms with van der Waals surface area (Å²) >= 11 is 0. The van der Waals surface area contributed by atoms with E-state index < -0.39 is 5.60 Å². The summed E-state index contributed by atoms with van der Waals surface area (Å²) in [6.45, 7) is 0.309. The lowest BCUT2D eigenvalue weighted by molar-refractivity contribution is -0.0666. The van der Waals surface area contributed by atoms with Crippen LogP contribution in [0.3, 0.4) is 0 Å². The summed E-state index contributed by atoms with van der Waals surface area (Å²) in [4.78, 5) is 11.8. The molecule has 0 radical (unpaired) electrons. The third kappa shape index (κ3) is 2.47. The van der Waals surface area contributed by atoms with Gasteiger partial charge in [-0.2, -0.15) is 5.10 Å². The Morgan fingerprint density at radius 1 is 1.43 bits per heavy atom. The van der Waals surface area contributed by atoms with Crippen LogP contribution >= 0.6 is 0 Å². The van der Waals surface area contributed by atoms with Gasteiger partial charge in [0, 0.05) is 5.92 Å². The maximum absolute atomic E-state index is 11.8. The van der Waals surface area contributed by atoms with Gasteiger partial charge < -0.3 is 14.6 Å². The number of pyridine rings is 1. The molecule has 0 unspecified atom stereocenters. The van der Waals surface area contributed by atoms with Gasteiger partial charge in [0.2, 0.25) is 0 Å². The normalized spacial score (nSPS) is 19.4. The molecule has 0 atom stereocenters. The van der Waals surface area contributed by atoms with E-state index in [1.54, 1.807) is 4.52 Å². The number of rotatable bonds is 5. The first-order valence-corrected chi connectivity index (χ1v) is 8.05. The Kier molecular flexibility index (Phi) is 3.30. The van der Waals surface area contributed by atoms with Gasteiger partial charge in [-0.05, 0) is 44.2 Å². The third-order valence-electron chi connectivity index (χ3n) is 4.83. The van der Waals surface area contributed by atoms with E-state index in [4.69, 9.17) is 9.47 Å². The number of carbonyl (C=O) groups excluding carboxylic acids is 1. The van der Waals surface area contributed by atoms with Crippen LogP contribution in [-0.2, 0) is 4.74 Å². The minimum Gasteiger partial charge on any atom is -0.489 e. The monoisotopic (exact) mass is 316 g/mol. The Hall–Kier alpha value is -2.08. The summed E-state index contributed by atoms with van der Waals surface area (Å²) < 4.78 is 12.5. The van der Waals surface area contributed by atoms with Gasteiger partial charge >= 0.3 is 5.97 Å². The average Bonchev–Trinajstić information content (AvgIpc) is 3.28. The zero-order valence-corrected chi connectivity index (χ0v) is 13.1. The van der Waals surface area contributed by atoms with Crippen LogP contribution in [0.15, 0.2) is 18.3 Å². The molecule has 122 valence electrons. The van der Waals surface area contributed by atoms with E-state index in [0.29, 0.717) is 18.1 Å². The van der Waals surface area contributed by atoms with Gasteiger partial charge in [0.15, 0.2) is 0 Å². The first-order valence-electron chi connectivity index (χ1n) is 8.05. The first-order chi connectivity index (χ1) is 11.1. The van der Waals surface area contributed by atoms with Crippen LogP contribution in [0.4, 0.5) is 0 Å². The van der Waals surface area contributed by atoms with Crippen LogP contribution < -0.4 is 4.74 Å². The number of nitrogens with zero attached hydrogens (tertiary/aromatic N) is 2. The van der Waals surface area contributed by atoms with Gasteiger partial charge in [-0.25, -0.2) is 9.31 Å². The molecule has 1 N–H and O–H groups in total. The van der Waals surface area contributed by atoms with Crippen LogP contribution in [-0.4, -0.2) is 40.0 Å². The highest BCUT2D eigenvalue weighted by molar-refractivity contribution is 5.96. The summed E-state index contributed by atoms with van der Waals surface area (Å²) in [6, 6.07) is 3.70. The zero-order valence-electron chi connectivity index (χ0n) is 13.1. The minimum atomic E-state index is -0.683. The van der Waals surface area contributed by atoms with Crippen molar-refractivity contribution >= 4 is 11.5 Å². The second kappa shape index (κ2) is 5.23. The van der Waals surface area contributed by atoms with E-state index in [1.807, 2.05) is 12.1 Å². The molecule has 2 aliphatic rings. The molecule has 2 aromatic heterocycles. The molecular weight excluding hydrogens is 296 g/mol. The summed E-state index contributed by atoms with van der Waals surface area (Å²) in [6.07, 6.45) is 6.36. The van der Waals surface area contributed by atoms with Crippen LogP contribution in [0.25, 0.3) is 5.52 Å². The van der Waals surface area contributed by atoms with Crippen molar-refractivity contribution in [1.29, 1.82) is 0 Å². The maximum atomic E-state index is 11.8. The highest BCUT2D eigenvalue weighted by Crippen LogP contribution is 2.45. The van der Waals surface area contributed by atoms with Gasteiger partial charge in [0.25, 0.3) is 0 Å². The van der Waals surface area contributed by atoms with Crippen molar-refractivity contribution in [3.8, 4) is 5.75 Å². The molecule has 0 aliphatic heterocycles. The molecule has 0 aromatic carbocycles. The number of methoxy groups -OCH3 is 1. The number of ether oxygens (including phenoxy) is 2. The molecule has 2 heterocycles. The second-order valence-electron chi connectivity index (χ2n) is 6.57. The van der Waals surface area contributed by atoms with Crippen LogP contribution in [0, 0.1) is 0 Å². The average molecular weight is 316 g/mol. The molecule has 6 heteroatoms. The molecule has 23 heavy (non-hydrogen) atoms. The molecule has 0 bridgehead atoms. The van der Waals surface area contributed by atoms with Gasteiger partial charge in [-0.15, -0.1) is 0 Å². The molecule has 6 nitrogen and oxygen atoms in total. The number of aliphatic hydroxyl groups is 1. The lowest BCUT2D eigenvalue weighted by atomic mass is 9.81. The largest absolute Gasteiger partial charge is 0.489 e. The number of esters is 1. The highest BCUT2D eigenvalue weighted by atomic mass is 16.5. The van der Waals surface area contributed by atoms with Gasteiger partial charge in [-0.1, -0.05) is 0 Å². The molecule has 2 fully saturated rings. The van der Waals surface area contributed by atoms with Crippen molar-refractivity contribution in [3.05, 3.63) is 29.6 Å². The van der Waals surface area contributed by atoms with Crippen molar-refractivity contribution in [1.82, 2.24) is 9.61 Å². The number of carbonyl (C=O) groups is 1. The lowest BCUT2D eigenvalue weighted by Crippen LogP contribution is -2.42. The van der Waals surface area contributed by atoms with Crippen LogP contribution in [0.2, 0.25) is 0 Å². The van der Waals surface area contributed by atoms with E-state index in [2.05, 4.69) is 5.10 Å². The van der Waals surface area contributed by atoms with Crippen LogP contribution in [0.1, 0.15) is 54.1 Å². The summed E-state index contributed by atoms with van der Waals surface area (Å²) in [7, 11) is 1.37. The smallest absolute Gasteiger partial charge is 0.341 e. The topological polar surface area (TPSA) is 73.1 Å².